The largest absolute Gasteiger partial charge is 0.489 e. The fourth-order valence-corrected chi connectivity index (χ4v) is 4.15. The molecule has 4 nitrogen and oxygen atoms in total. The minimum absolute atomic E-state index is 0.0692. The molecule has 0 aliphatic carbocycles. The van der Waals surface area contributed by atoms with E-state index in [9.17, 15) is 4.79 Å². The highest BCUT2D eigenvalue weighted by molar-refractivity contribution is 7.99. The molecule has 0 bridgehead atoms. The molecule has 0 saturated carbocycles. The molecule has 2 aliphatic rings. The maximum absolute atomic E-state index is 13.0. The van der Waals surface area contributed by atoms with E-state index in [1.807, 2.05) is 24.3 Å². The number of thioether (sulfide) groups is 1. The van der Waals surface area contributed by atoms with Crippen LogP contribution in [0.25, 0.3) is 0 Å². The van der Waals surface area contributed by atoms with Gasteiger partial charge in [-0.05, 0) is 24.3 Å². The van der Waals surface area contributed by atoms with Crippen LogP contribution in [0.15, 0.2) is 41.3 Å². The van der Waals surface area contributed by atoms with Gasteiger partial charge in [0.25, 0.3) is 5.91 Å². The lowest BCUT2D eigenvalue weighted by molar-refractivity contribution is 0.0987. The topological polar surface area (TPSA) is 38.8 Å². The second kappa shape index (κ2) is 6.57. The fourth-order valence-electron chi connectivity index (χ4n) is 2.89. The molecule has 0 radical (unpaired) electrons. The fraction of sp³-hybridized carbons (Fsp3) is 0.278. The van der Waals surface area contributed by atoms with Gasteiger partial charge in [-0.1, -0.05) is 23.7 Å². The Hall–Kier alpha value is -1.85. The summed E-state index contributed by atoms with van der Waals surface area (Å²) in [5, 5.41) is 0.414. The molecule has 6 heteroatoms. The number of anilines is 1. The third-order valence-electron chi connectivity index (χ3n) is 4.02. The molecule has 124 valence electrons. The molecule has 0 atom stereocenters. The zero-order chi connectivity index (χ0) is 16.5. The molecular weight excluding hydrogens is 346 g/mol. The number of benzene rings is 2. The van der Waals surface area contributed by atoms with E-state index >= 15 is 0 Å². The average Bonchev–Trinajstić information content (AvgIpc) is 2.86. The van der Waals surface area contributed by atoms with Crippen LogP contribution in [-0.4, -0.2) is 31.4 Å². The summed E-state index contributed by atoms with van der Waals surface area (Å²) in [6.45, 7) is 1.80. The molecule has 2 aliphatic heterocycles. The monoisotopic (exact) mass is 361 g/mol. The highest BCUT2D eigenvalue weighted by atomic mass is 35.5. The highest BCUT2D eigenvalue weighted by Crippen LogP contribution is 2.40. The summed E-state index contributed by atoms with van der Waals surface area (Å²) in [5.41, 5.74) is 1.47. The average molecular weight is 362 g/mol. The van der Waals surface area contributed by atoms with Crippen molar-refractivity contribution in [3.05, 3.63) is 47.0 Å². The number of hydrogen-bond acceptors (Lipinski definition) is 4. The third-order valence-corrected chi connectivity index (χ3v) is 5.35. The summed E-state index contributed by atoms with van der Waals surface area (Å²) in [4.78, 5) is 16.0. The molecule has 24 heavy (non-hydrogen) atoms. The molecule has 2 aromatic carbocycles. The maximum atomic E-state index is 13.0. The minimum atomic E-state index is -0.0692. The molecule has 0 fully saturated rings. The lowest BCUT2D eigenvalue weighted by Crippen LogP contribution is -2.35. The summed E-state index contributed by atoms with van der Waals surface area (Å²) < 4.78 is 11.3. The number of amides is 1. The van der Waals surface area contributed by atoms with Gasteiger partial charge in [0.05, 0.1) is 23.9 Å². The van der Waals surface area contributed by atoms with Crippen LogP contribution < -0.4 is 14.4 Å². The zero-order valence-electron chi connectivity index (χ0n) is 13.0. The molecule has 1 amide bonds. The van der Waals surface area contributed by atoms with E-state index in [-0.39, 0.29) is 5.91 Å². The number of fused-ring (bicyclic) bond motifs is 2. The summed E-state index contributed by atoms with van der Waals surface area (Å²) in [7, 11) is 0. The van der Waals surface area contributed by atoms with Crippen molar-refractivity contribution in [2.24, 2.45) is 0 Å². The van der Waals surface area contributed by atoms with Gasteiger partial charge in [0.1, 0.15) is 0 Å². The van der Waals surface area contributed by atoms with Crippen molar-refractivity contribution in [1.82, 2.24) is 0 Å². The highest BCUT2D eigenvalue weighted by Gasteiger charge is 2.26. The van der Waals surface area contributed by atoms with Crippen molar-refractivity contribution in [1.29, 1.82) is 0 Å². The number of ether oxygens (including phenoxy) is 2. The van der Waals surface area contributed by atoms with Crippen LogP contribution in [-0.2, 0) is 0 Å². The van der Waals surface area contributed by atoms with Crippen molar-refractivity contribution < 1.29 is 14.3 Å². The standard InChI is InChI=1S/C18H16ClNO3S/c19-13-10-12(11-15-17(13)23-8-3-7-22-15)18(21)20-6-9-24-16-5-2-1-4-14(16)20/h1-2,4-5,10-11H,3,6-9H2. The van der Waals surface area contributed by atoms with Gasteiger partial charge >= 0.3 is 0 Å². The molecule has 0 unspecified atom stereocenters. The first-order valence-corrected chi connectivity index (χ1v) is 9.23. The summed E-state index contributed by atoms with van der Waals surface area (Å²) in [6.07, 6.45) is 0.797. The Labute approximate surface area is 149 Å². The van der Waals surface area contributed by atoms with Gasteiger partial charge < -0.3 is 14.4 Å². The Bertz CT molecular complexity index is 796. The molecule has 0 saturated heterocycles. The Balaban J connectivity index is 1.71. The Morgan fingerprint density at radius 2 is 2.00 bits per heavy atom. The van der Waals surface area contributed by atoms with Crippen molar-refractivity contribution in [2.75, 3.05) is 30.4 Å². The van der Waals surface area contributed by atoms with Gasteiger partial charge in [-0.15, -0.1) is 11.8 Å². The Kier molecular flexibility index (Phi) is 4.29. The minimum Gasteiger partial charge on any atom is -0.489 e. The third kappa shape index (κ3) is 2.82. The number of para-hydroxylation sites is 1. The first-order chi connectivity index (χ1) is 11.7. The van der Waals surface area contributed by atoms with Crippen LogP contribution in [0.2, 0.25) is 5.02 Å². The predicted octanol–water partition coefficient (Wildman–Crippen LogP) is 4.25. The van der Waals surface area contributed by atoms with E-state index in [0.717, 1.165) is 22.8 Å². The first kappa shape index (κ1) is 15.7. The molecule has 2 aromatic rings. The van der Waals surface area contributed by atoms with Gasteiger partial charge in [-0.25, -0.2) is 0 Å². The lowest BCUT2D eigenvalue weighted by Gasteiger charge is -2.29. The van der Waals surface area contributed by atoms with E-state index in [2.05, 4.69) is 0 Å². The summed E-state index contributed by atoms with van der Waals surface area (Å²) >= 11 is 8.09. The molecule has 2 heterocycles. The number of nitrogens with zero attached hydrogens (tertiary/aromatic N) is 1. The van der Waals surface area contributed by atoms with E-state index in [4.69, 9.17) is 21.1 Å². The Morgan fingerprint density at radius 1 is 1.17 bits per heavy atom. The van der Waals surface area contributed by atoms with E-state index < -0.39 is 0 Å². The quantitative estimate of drug-likeness (QED) is 0.761. The molecular formula is C18H16ClNO3S. The number of hydrogen-bond donors (Lipinski definition) is 0. The van der Waals surface area contributed by atoms with Crippen LogP contribution in [0.3, 0.4) is 0 Å². The first-order valence-electron chi connectivity index (χ1n) is 7.87. The van der Waals surface area contributed by atoms with Gasteiger partial charge in [-0.2, -0.15) is 0 Å². The SMILES string of the molecule is O=C(c1cc(Cl)c2c(c1)OCCCO2)N1CCSc2ccccc21. The molecule has 0 spiro atoms. The van der Waals surface area contributed by atoms with Crippen molar-refractivity contribution in [2.45, 2.75) is 11.3 Å². The number of halogens is 1. The second-order valence-corrected chi connectivity index (χ2v) is 7.15. The van der Waals surface area contributed by atoms with Gasteiger partial charge in [0, 0.05) is 29.2 Å². The van der Waals surface area contributed by atoms with Crippen molar-refractivity contribution in [3.63, 3.8) is 0 Å². The van der Waals surface area contributed by atoms with E-state index in [0.29, 0.717) is 41.8 Å². The van der Waals surface area contributed by atoms with Crippen LogP contribution in [0.4, 0.5) is 5.69 Å². The van der Waals surface area contributed by atoms with Gasteiger partial charge in [-0.3, -0.25) is 4.79 Å². The molecule has 0 N–H and O–H groups in total. The van der Waals surface area contributed by atoms with Gasteiger partial charge in [0.2, 0.25) is 0 Å². The summed E-state index contributed by atoms with van der Waals surface area (Å²) in [5.74, 6) is 1.88. The van der Waals surface area contributed by atoms with Crippen molar-refractivity contribution >= 4 is 35.0 Å². The smallest absolute Gasteiger partial charge is 0.258 e. The normalized spacial score (nSPS) is 16.3. The van der Waals surface area contributed by atoms with Crippen molar-refractivity contribution in [3.8, 4) is 11.5 Å². The van der Waals surface area contributed by atoms with Crippen LogP contribution in [0, 0.1) is 0 Å². The zero-order valence-corrected chi connectivity index (χ0v) is 14.5. The van der Waals surface area contributed by atoms with E-state index in [1.54, 1.807) is 28.8 Å². The predicted molar refractivity (Wildman–Crippen MR) is 95.9 cm³/mol. The van der Waals surface area contributed by atoms with Crippen LogP contribution in [0.1, 0.15) is 16.8 Å². The van der Waals surface area contributed by atoms with Gasteiger partial charge in [0.15, 0.2) is 11.5 Å². The number of rotatable bonds is 1. The summed E-state index contributed by atoms with van der Waals surface area (Å²) in [6, 6.07) is 11.4. The number of carbonyl (C=O) groups excluding carboxylic acids is 1. The maximum Gasteiger partial charge on any atom is 0.258 e. The van der Waals surface area contributed by atoms with Crippen LogP contribution >= 0.6 is 23.4 Å². The second-order valence-electron chi connectivity index (χ2n) is 5.61. The molecule has 4 rings (SSSR count). The number of carbonyl (C=O) groups is 1. The Morgan fingerprint density at radius 3 is 2.92 bits per heavy atom. The lowest BCUT2D eigenvalue weighted by atomic mass is 10.1. The molecule has 0 aromatic heterocycles. The van der Waals surface area contributed by atoms with Crippen LogP contribution in [0.5, 0.6) is 11.5 Å². The van der Waals surface area contributed by atoms with E-state index in [1.165, 1.54) is 0 Å².